The summed E-state index contributed by atoms with van der Waals surface area (Å²) in [5.74, 6) is -1.29. The SMILES string of the molecule is CN(CCNC(=S)Nc1ccc(F)cc1F)c1ccccc1. The molecule has 0 atom stereocenters. The van der Waals surface area contributed by atoms with Gasteiger partial charge in [0.05, 0.1) is 5.69 Å². The second-order valence-electron chi connectivity index (χ2n) is 4.76. The molecule has 116 valence electrons. The Morgan fingerprint density at radius 1 is 1.14 bits per heavy atom. The molecule has 0 radical (unpaired) electrons. The first-order chi connectivity index (χ1) is 10.6. The van der Waals surface area contributed by atoms with E-state index in [0.29, 0.717) is 11.7 Å². The summed E-state index contributed by atoms with van der Waals surface area (Å²) in [7, 11) is 1.98. The van der Waals surface area contributed by atoms with E-state index in [1.165, 1.54) is 12.1 Å². The normalized spacial score (nSPS) is 10.1. The van der Waals surface area contributed by atoms with E-state index in [9.17, 15) is 8.78 Å². The van der Waals surface area contributed by atoms with Gasteiger partial charge >= 0.3 is 0 Å². The highest BCUT2D eigenvalue weighted by Gasteiger charge is 2.05. The number of halogens is 2. The zero-order valence-electron chi connectivity index (χ0n) is 12.1. The summed E-state index contributed by atoms with van der Waals surface area (Å²) >= 11 is 5.10. The first kappa shape index (κ1) is 16.2. The third-order valence-corrected chi connectivity index (χ3v) is 3.36. The van der Waals surface area contributed by atoms with Crippen LogP contribution < -0.4 is 15.5 Å². The summed E-state index contributed by atoms with van der Waals surface area (Å²) in [5.41, 5.74) is 1.25. The van der Waals surface area contributed by atoms with Crippen LogP contribution in [0.5, 0.6) is 0 Å². The molecule has 2 N–H and O–H groups in total. The summed E-state index contributed by atoms with van der Waals surface area (Å²) in [6.07, 6.45) is 0. The van der Waals surface area contributed by atoms with Gasteiger partial charge in [0, 0.05) is 31.9 Å². The monoisotopic (exact) mass is 321 g/mol. The number of nitrogens with one attached hydrogen (secondary N) is 2. The quantitative estimate of drug-likeness (QED) is 0.826. The fourth-order valence-electron chi connectivity index (χ4n) is 1.91. The lowest BCUT2D eigenvalue weighted by Crippen LogP contribution is -2.35. The summed E-state index contributed by atoms with van der Waals surface area (Å²) in [5, 5.41) is 6.00. The molecule has 0 bridgehead atoms. The third-order valence-electron chi connectivity index (χ3n) is 3.11. The first-order valence-corrected chi connectivity index (χ1v) is 7.23. The highest BCUT2D eigenvalue weighted by molar-refractivity contribution is 7.80. The molecule has 0 amide bonds. The molecule has 0 aliphatic rings. The number of likely N-dealkylation sites (N-methyl/N-ethyl adjacent to an activating group) is 1. The van der Waals surface area contributed by atoms with Crippen LogP contribution in [0.15, 0.2) is 48.5 Å². The molecule has 0 saturated heterocycles. The Kier molecular flexibility index (Phi) is 5.66. The Bertz CT molecular complexity index is 635. The standard InChI is InChI=1S/C16H17F2N3S/c1-21(13-5-3-2-4-6-13)10-9-19-16(22)20-15-8-7-12(17)11-14(15)18/h2-8,11H,9-10H2,1H3,(H2,19,20,22). The molecule has 0 aromatic heterocycles. The van der Waals surface area contributed by atoms with Gasteiger partial charge in [-0.3, -0.25) is 0 Å². The lowest BCUT2D eigenvalue weighted by atomic mass is 10.3. The van der Waals surface area contributed by atoms with Gasteiger partial charge in [-0.2, -0.15) is 0 Å². The smallest absolute Gasteiger partial charge is 0.170 e. The van der Waals surface area contributed by atoms with E-state index in [-0.39, 0.29) is 5.69 Å². The molecule has 2 aromatic carbocycles. The van der Waals surface area contributed by atoms with Crippen LogP contribution in [-0.4, -0.2) is 25.2 Å². The Morgan fingerprint density at radius 2 is 1.86 bits per heavy atom. The van der Waals surface area contributed by atoms with Crippen molar-refractivity contribution < 1.29 is 8.78 Å². The highest BCUT2D eigenvalue weighted by Crippen LogP contribution is 2.14. The Labute approximate surface area is 133 Å². The number of benzene rings is 2. The van der Waals surface area contributed by atoms with E-state index in [4.69, 9.17) is 12.2 Å². The topological polar surface area (TPSA) is 27.3 Å². The maximum absolute atomic E-state index is 13.5. The number of hydrogen-bond donors (Lipinski definition) is 2. The lowest BCUT2D eigenvalue weighted by Gasteiger charge is -2.20. The Hall–Kier alpha value is -2.21. The van der Waals surface area contributed by atoms with E-state index in [2.05, 4.69) is 15.5 Å². The van der Waals surface area contributed by atoms with Gasteiger partial charge in [0.25, 0.3) is 0 Å². The predicted octanol–water partition coefficient (Wildman–Crippen LogP) is 3.39. The maximum Gasteiger partial charge on any atom is 0.170 e. The lowest BCUT2D eigenvalue weighted by molar-refractivity contribution is 0.586. The minimum Gasteiger partial charge on any atom is -0.373 e. The first-order valence-electron chi connectivity index (χ1n) is 6.82. The maximum atomic E-state index is 13.5. The number of thiocarbonyl (C=S) groups is 1. The molecule has 0 aliphatic carbocycles. The van der Waals surface area contributed by atoms with Crippen molar-refractivity contribution in [3.63, 3.8) is 0 Å². The van der Waals surface area contributed by atoms with Gasteiger partial charge in [-0.1, -0.05) is 18.2 Å². The molecule has 0 heterocycles. The summed E-state index contributed by atoms with van der Waals surface area (Å²) in [6, 6.07) is 13.3. The number of para-hydroxylation sites is 1. The molecular weight excluding hydrogens is 304 g/mol. The minimum atomic E-state index is -0.675. The highest BCUT2D eigenvalue weighted by atomic mass is 32.1. The van der Waals surface area contributed by atoms with Crippen LogP contribution in [0.2, 0.25) is 0 Å². The fourth-order valence-corrected chi connectivity index (χ4v) is 2.12. The van der Waals surface area contributed by atoms with Crippen molar-refractivity contribution in [3.05, 3.63) is 60.2 Å². The number of nitrogens with zero attached hydrogens (tertiary/aromatic N) is 1. The number of hydrogen-bond acceptors (Lipinski definition) is 2. The predicted molar refractivity (Wildman–Crippen MR) is 90.3 cm³/mol. The van der Waals surface area contributed by atoms with Gasteiger partial charge in [0.2, 0.25) is 0 Å². The van der Waals surface area contributed by atoms with Crippen molar-refractivity contribution in [2.75, 3.05) is 30.4 Å². The van der Waals surface area contributed by atoms with Gasteiger partial charge in [-0.25, -0.2) is 8.78 Å². The van der Waals surface area contributed by atoms with Crippen LogP contribution in [0.1, 0.15) is 0 Å². The van der Waals surface area contributed by atoms with E-state index >= 15 is 0 Å². The fraction of sp³-hybridized carbons (Fsp3) is 0.188. The van der Waals surface area contributed by atoms with Gasteiger partial charge < -0.3 is 15.5 Å². The third kappa shape index (κ3) is 4.66. The van der Waals surface area contributed by atoms with E-state index in [0.717, 1.165) is 18.3 Å². The molecule has 2 rings (SSSR count). The van der Waals surface area contributed by atoms with Crippen molar-refractivity contribution in [2.24, 2.45) is 0 Å². The van der Waals surface area contributed by atoms with Crippen LogP contribution in [0, 0.1) is 11.6 Å². The van der Waals surface area contributed by atoms with E-state index < -0.39 is 11.6 Å². The van der Waals surface area contributed by atoms with Crippen molar-refractivity contribution in [3.8, 4) is 0 Å². The van der Waals surface area contributed by atoms with Crippen LogP contribution in [0.25, 0.3) is 0 Å². The minimum absolute atomic E-state index is 0.148. The largest absolute Gasteiger partial charge is 0.373 e. The van der Waals surface area contributed by atoms with Gasteiger partial charge in [0.1, 0.15) is 11.6 Å². The van der Waals surface area contributed by atoms with Crippen LogP contribution in [-0.2, 0) is 0 Å². The Morgan fingerprint density at radius 3 is 2.55 bits per heavy atom. The molecule has 0 aliphatic heterocycles. The van der Waals surface area contributed by atoms with Gasteiger partial charge in [-0.05, 0) is 36.5 Å². The van der Waals surface area contributed by atoms with Crippen molar-refractivity contribution in [1.82, 2.24) is 5.32 Å². The van der Waals surface area contributed by atoms with Crippen molar-refractivity contribution >= 4 is 28.7 Å². The summed E-state index contributed by atoms with van der Waals surface area (Å²) in [6.45, 7) is 1.33. The average Bonchev–Trinajstić information content (AvgIpc) is 2.51. The van der Waals surface area contributed by atoms with Crippen molar-refractivity contribution in [2.45, 2.75) is 0 Å². The molecule has 0 fully saturated rings. The van der Waals surface area contributed by atoms with Gasteiger partial charge in [-0.15, -0.1) is 0 Å². The van der Waals surface area contributed by atoms with Crippen LogP contribution in [0.4, 0.5) is 20.2 Å². The molecule has 2 aromatic rings. The molecule has 0 spiro atoms. The summed E-state index contributed by atoms with van der Waals surface area (Å²) in [4.78, 5) is 2.08. The zero-order chi connectivity index (χ0) is 15.9. The second-order valence-corrected chi connectivity index (χ2v) is 5.17. The van der Waals surface area contributed by atoms with Gasteiger partial charge in [0.15, 0.2) is 5.11 Å². The molecular formula is C16H17F2N3S. The number of anilines is 2. The van der Waals surface area contributed by atoms with E-state index in [1.54, 1.807) is 0 Å². The number of rotatable bonds is 5. The molecule has 22 heavy (non-hydrogen) atoms. The molecule has 0 unspecified atom stereocenters. The second kappa shape index (κ2) is 7.70. The Balaban J connectivity index is 1.78. The molecule has 3 nitrogen and oxygen atoms in total. The molecule has 6 heteroatoms. The summed E-state index contributed by atoms with van der Waals surface area (Å²) < 4.78 is 26.3. The van der Waals surface area contributed by atoms with Crippen LogP contribution >= 0.6 is 12.2 Å². The van der Waals surface area contributed by atoms with E-state index in [1.807, 2.05) is 37.4 Å². The van der Waals surface area contributed by atoms with Crippen LogP contribution in [0.3, 0.4) is 0 Å². The van der Waals surface area contributed by atoms with Crippen molar-refractivity contribution in [1.29, 1.82) is 0 Å². The average molecular weight is 321 g/mol. The zero-order valence-corrected chi connectivity index (χ0v) is 13.0. The molecule has 0 saturated carbocycles.